The highest BCUT2D eigenvalue weighted by molar-refractivity contribution is 5.19. The molecule has 2 N–H and O–H groups in total. The molecule has 1 aromatic rings. The van der Waals surface area contributed by atoms with Crippen LogP contribution in [-0.4, -0.2) is 11.1 Å². The van der Waals surface area contributed by atoms with E-state index in [0.717, 1.165) is 19.4 Å². The number of aryl methyl sites for hydroxylation is 2. The van der Waals surface area contributed by atoms with E-state index < -0.39 is 0 Å². The summed E-state index contributed by atoms with van der Waals surface area (Å²) in [4.78, 5) is 0. The molecule has 0 unspecified atom stereocenters. The molecular formula is C10H16N2. The molecule has 2 nitrogen and oxygen atoms in total. The van der Waals surface area contributed by atoms with Crippen LogP contribution in [0, 0.1) is 0 Å². The monoisotopic (exact) mass is 164 g/mol. The number of nitrogens with two attached hydrogens (primary N) is 1. The molecule has 0 amide bonds. The molecule has 1 aromatic heterocycles. The smallest absolute Gasteiger partial charge is 0.0228 e. The molecule has 0 bridgehead atoms. The summed E-state index contributed by atoms with van der Waals surface area (Å²) >= 11 is 0. The topological polar surface area (TPSA) is 30.9 Å². The fraction of sp³-hybridized carbons (Fsp3) is 0.600. The van der Waals surface area contributed by atoms with Crippen molar-refractivity contribution in [2.45, 2.75) is 32.2 Å². The summed E-state index contributed by atoms with van der Waals surface area (Å²) < 4.78 is 2.45. The fourth-order valence-corrected chi connectivity index (χ4v) is 1.98. The molecule has 0 atom stereocenters. The average Bonchev–Trinajstić information content (AvgIpc) is 2.62. The minimum atomic E-state index is 0.806. The lowest BCUT2D eigenvalue weighted by atomic mass is 10.2. The number of hydrogen-bond acceptors (Lipinski definition) is 1. The Morgan fingerprint density at radius 1 is 1.42 bits per heavy atom. The van der Waals surface area contributed by atoms with E-state index in [1.807, 2.05) is 0 Å². The summed E-state index contributed by atoms with van der Waals surface area (Å²) in [5.41, 5.74) is 8.48. The van der Waals surface area contributed by atoms with Gasteiger partial charge in [-0.25, -0.2) is 0 Å². The minimum Gasteiger partial charge on any atom is -0.349 e. The van der Waals surface area contributed by atoms with Crippen molar-refractivity contribution in [2.24, 2.45) is 5.73 Å². The van der Waals surface area contributed by atoms with Gasteiger partial charge in [0.1, 0.15) is 0 Å². The first kappa shape index (κ1) is 7.87. The highest BCUT2D eigenvalue weighted by Gasteiger charge is 2.12. The molecule has 0 fully saturated rings. The Morgan fingerprint density at radius 2 is 2.33 bits per heavy atom. The first-order valence-corrected chi connectivity index (χ1v) is 4.79. The minimum absolute atomic E-state index is 0.806. The molecule has 0 radical (unpaired) electrons. The highest BCUT2D eigenvalue weighted by atomic mass is 15.0. The lowest BCUT2D eigenvalue weighted by molar-refractivity contribution is 0.685. The van der Waals surface area contributed by atoms with Crippen molar-refractivity contribution < 1.29 is 0 Å². The second-order valence-corrected chi connectivity index (χ2v) is 3.46. The van der Waals surface area contributed by atoms with E-state index in [2.05, 4.69) is 16.7 Å². The number of hydrogen-bond donors (Lipinski definition) is 1. The molecule has 2 heteroatoms. The number of aromatic nitrogens is 1. The standard InChI is InChI=1S/C10H16N2/c11-7-1-3-9-5-6-10-4-2-8-12(9)10/h5-6H,1-4,7-8,11H2. The second kappa shape index (κ2) is 3.31. The summed E-state index contributed by atoms with van der Waals surface area (Å²) in [5, 5.41) is 0. The van der Waals surface area contributed by atoms with Gasteiger partial charge in [0.25, 0.3) is 0 Å². The first-order chi connectivity index (χ1) is 5.92. The Morgan fingerprint density at radius 3 is 3.17 bits per heavy atom. The third kappa shape index (κ3) is 1.27. The largest absolute Gasteiger partial charge is 0.349 e. The van der Waals surface area contributed by atoms with Crippen molar-refractivity contribution in [3.8, 4) is 0 Å². The summed E-state index contributed by atoms with van der Waals surface area (Å²) in [6.45, 7) is 2.03. The Hall–Kier alpha value is -0.760. The second-order valence-electron chi connectivity index (χ2n) is 3.46. The van der Waals surface area contributed by atoms with Gasteiger partial charge in [-0.1, -0.05) is 0 Å². The quantitative estimate of drug-likeness (QED) is 0.717. The molecule has 2 rings (SSSR count). The molecule has 0 saturated heterocycles. The van der Waals surface area contributed by atoms with Crippen LogP contribution in [0.2, 0.25) is 0 Å². The molecule has 0 aliphatic carbocycles. The molecule has 0 saturated carbocycles. The number of nitrogens with zero attached hydrogens (tertiary/aromatic N) is 1. The lowest BCUT2D eigenvalue weighted by Gasteiger charge is -2.04. The fourth-order valence-electron chi connectivity index (χ4n) is 1.98. The van der Waals surface area contributed by atoms with Gasteiger partial charge in [0.05, 0.1) is 0 Å². The van der Waals surface area contributed by atoms with Crippen LogP contribution in [0.5, 0.6) is 0 Å². The molecule has 0 spiro atoms. The van der Waals surface area contributed by atoms with Crippen molar-refractivity contribution in [2.75, 3.05) is 6.54 Å². The lowest BCUT2D eigenvalue weighted by Crippen LogP contribution is -2.04. The van der Waals surface area contributed by atoms with E-state index in [1.165, 1.54) is 30.8 Å². The van der Waals surface area contributed by atoms with Gasteiger partial charge in [-0.05, 0) is 44.4 Å². The van der Waals surface area contributed by atoms with E-state index in [0.29, 0.717) is 0 Å². The average molecular weight is 164 g/mol. The Balaban J connectivity index is 2.11. The summed E-state index contributed by atoms with van der Waals surface area (Å²) in [5.74, 6) is 0. The molecule has 0 aromatic carbocycles. The van der Waals surface area contributed by atoms with Crippen molar-refractivity contribution >= 4 is 0 Å². The third-order valence-electron chi connectivity index (χ3n) is 2.61. The van der Waals surface area contributed by atoms with Crippen LogP contribution in [0.4, 0.5) is 0 Å². The van der Waals surface area contributed by atoms with Crippen LogP contribution in [-0.2, 0) is 19.4 Å². The molecule has 2 heterocycles. The summed E-state index contributed by atoms with van der Waals surface area (Å²) in [6.07, 6.45) is 4.86. The van der Waals surface area contributed by atoms with E-state index in [-0.39, 0.29) is 0 Å². The van der Waals surface area contributed by atoms with Gasteiger partial charge >= 0.3 is 0 Å². The van der Waals surface area contributed by atoms with E-state index in [4.69, 9.17) is 5.73 Å². The predicted molar refractivity (Wildman–Crippen MR) is 50.1 cm³/mol. The van der Waals surface area contributed by atoms with Crippen molar-refractivity contribution in [3.63, 3.8) is 0 Å². The van der Waals surface area contributed by atoms with Gasteiger partial charge in [-0.2, -0.15) is 0 Å². The van der Waals surface area contributed by atoms with Crippen molar-refractivity contribution in [1.29, 1.82) is 0 Å². The van der Waals surface area contributed by atoms with Crippen molar-refractivity contribution in [1.82, 2.24) is 4.57 Å². The molecule has 12 heavy (non-hydrogen) atoms. The van der Waals surface area contributed by atoms with Gasteiger partial charge in [-0.3, -0.25) is 0 Å². The van der Waals surface area contributed by atoms with Crippen LogP contribution in [0.15, 0.2) is 12.1 Å². The van der Waals surface area contributed by atoms with Crippen LogP contribution in [0.25, 0.3) is 0 Å². The molecule has 1 aliphatic heterocycles. The Bertz CT molecular complexity index is 263. The molecule has 1 aliphatic rings. The first-order valence-electron chi connectivity index (χ1n) is 4.79. The van der Waals surface area contributed by atoms with Gasteiger partial charge in [0.15, 0.2) is 0 Å². The van der Waals surface area contributed by atoms with Crippen LogP contribution < -0.4 is 5.73 Å². The third-order valence-corrected chi connectivity index (χ3v) is 2.61. The Kier molecular flexibility index (Phi) is 2.17. The van der Waals surface area contributed by atoms with Gasteiger partial charge in [-0.15, -0.1) is 0 Å². The van der Waals surface area contributed by atoms with Crippen LogP contribution in [0.1, 0.15) is 24.2 Å². The molecular weight excluding hydrogens is 148 g/mol. The maximum absolute atomic E-state index is 5.48. The van der Waals surface area contributed by atoms with E-state index >= 15 is 0 Å². The zero-order chi connectivity index (χ0) is 8.39. The normalized spacial score (nSPS) is 15.1. The summed E-state index contributed by atoms with van der Waals surface area (Å²) in [6, 6.07) is 4.52. The molecule has 66 valence electrons. The van der Waals surface area contributed by atoms with Crippen LogP contribution >= 0.6 is 0 Å². The van der Waals surface area contributed by atoms with Gasteiger partial charge < -0.3 is 10.3 Å². The maximum atomic E-state index is 5.48. The zero-order valence-electron chi connectivity index (χ0n) is 7.42. The van der Waals surface area contributed by atoms with E-state index in [9.17, 15) is 0 Å². The zero-order valence-corrected chi connectivity index (χ0v) is 7.42. The van der Waals surface area contributed by atoms with Gasteiger partial charge in [0, 0.05) is 17.9 Å². The van der Waals surface area contributed by atoms with E-state index in [1.54, 1.807) is 0 Å². The SMILES string of the molecule is NCCCc1ccc2n1CCC2. The highest BCUT2D eigenvalue weighted by Crippen LogP contribution is 2.19. The summed E-state index contributed by atoms with van der Waals surface area (Å²) in [7, 11) is 0. The van der Waals surface area contributed by atoms with Crippen molar-refractivity contribution in [3.05, 3.63) is 23.5 Å². The van der Waals surface area contributed by atoms with Crippen LogP contribution in [0.3, 0.4) is 0 Å². The maximum Gasteiger partial charge on any atom is 0.0228 e. The predicted octanol–water partition coefficient (Wildman–Crippen LogP) is 1.33. The van der Waals surface area contributed by atoms with Gasteiger partial charge in [0.2, 0.25) is 0 Å². The number of rotatable bonds is 3. The Labute approximate surface area is 73.4 Å². The number of fused-ring (bicyclic) bond motifs is 1.